The fourth-order valence-electron chi connectivity index (χ4n) is 5.75. The topological polar surface area (TPSA) is 76.0 Å². The fourth-order valence-corrected chi connectivity index (χ4v) is 5.75. The summed E-state index contributed by atoms with van der Waals surface area (Å²) < 4.78 is 10.5. The molecular formula is C21H32O5. The molecule has 2 N–H and O–H groups in total. The van der Waals surface area contributed by atoms with Gasteiger partial charge in [0.1, 0.15) is 12.7 Å². The molecule has 0 amide bonds. The van der Waals surface area contributed by atoms with Crippen molar-refractivity contribution in [2.24, 2.45) is 22.7 Å². The van der Waals surface area contributed by atoms with Crippen molar-refractivity contribution in [2.45, 2.75) is 58.2 Å². The summed E-state index contributed by atoms with van der Waals surface area (Å²) in [5.41, 5.74) is 1.28. The van der Waals surface area contributed by atoms with Gasteiger partial charge in [-0.05, 0) is 49.4 Å². The number of carbonyl (C=O) groups is 1. The number of cyclic esters (lactones) is 1. The maximum Gasteiger partial charge on any atom is 0.336 e. The largest absolute Gasteiger partial charge is 0.459 e. The van der Waals surface area contributed by atoms with Crippen LogP contribution in [0, 0.1) is 22.7 Å². The Kier molecular flexibility index (Phi) is 5.35. The molecular weight excluding hydrogens is 332 g/mol. The van der Waals surface area contributed by atoms with Gasteiger partial charge in [-0.25, -0.2) is 4.79 Å². The van der Waals surface area contributed by atoms with Gasteiger partial charge >= 0.3 is 5.97 Å². The van der Waals surface area contributed by atoms with E-state index in [1.807, 2.05) is 13.0 Å². The summed E-state index contributed by atoms with van der Waals surface area (Å²) in [4.78, 5) is 12.0. The van der Waals surface area contributed by atoms with E-state index < -0.39 is 11.5 Å². The monoisotopic (exact) mass is 364 g/mol. The van der Waals surface area contributed by atoms with Crippen molar-refractivity contribution in [3.8, 4) is 0 Å². The highest BCUT2D eigenvalue weighted by atomic mass is 16.6. The number of esters is 1. The lowest BCUT2D eigenvalue weighted by Gasteiger charge is -2.59. The predicted molar refractivity (Wildman–Crippen MR) is 98.4 cm³/mol. The molecule has 0 aromatic heterocycles. The molecule has 0 aromatic carbocycles. The number of aliphatic hydroxyl groups excluding tert-OH is 2. The third-order valence-electron chi connectivity index (χ3n) is 7.50. The lowest BCUT2D eigenvalue weighted by molar-refractivity contribution is -0.151. The summed E-state index contributed by atoms with van der Waals surface area (Å²) in [5, 5.41) is 20.6. The molecule has 26 heavy (non-hydrogen) atoms. The Labute approximate surface area is 156 Å². The maximum absolute atomic E-state index is 12.0. The predicted octanol–water partition coefficient (Wildman–Crippen LogP) is 2.62. The van der Waals surface area contributed by atoms with E-state index in [4.69, 9.17) is 9.47 Å². The van der Waals surface area contributed by atoms with Crippen LogP contribution < -0.4 is 0 Å². The van der Waals surface area contributed by atoms with Gasteiger partial charge in [-0.2, -0.15) is 0 Å². The van der Waals surface area contributed by atoms with Crippen molar-refractivity contribution in [3.63, 3.8) is 0 Å². The minimum absolute atomic E-state index is 0.00716. The van der Waals surface area contributed by atoms with Crippen LogP contribution in [0.2, 0.25) is 0 Å². The highest BCUT2D eigenvalue weighted by molar-refractivity contribution is 5.91. The number of rotatable bonds is 4. The molecule has 2 aliphatic carbocycles. The first-order valence-corrected chi connectivity index (χ1v) is 9.64. The SMILES string of the molecule is C=C1CCC2[C@](C)(CO)[C@H](O)CC[C@@]2(C)[C@@H]1C/C=C1\C(=O)OCC1OC. The van der Waals surface area contributed by atoms with Crippen LogP contribution >= 0.6 is 0 Å². The van der Waals surface area contributed by atoms with Gasteiger partial charge in [-0.15, -0.1) is 0 Å². The quantitative estimate of drug-likeness (QED) is 0.456. The first kappa shape index (κ1) is 19.6. The van der Waals surface area contributed by atoms with Crippen molar-refractivity contribution >= 4 is 5.97 Å². The third kappa shape index (κ3) is 2.94. The van der Waals surface area contributed by atoms with Crippen LogP contribution in [0.1, 0.15) is 46.0 Å². The number of fused-ring (bicyclic) bond motifs is 1. The van der Waals surface area contributed by atoms with Crippen molar-refractivity contribution < 1.29 is 24.5 Å². The first-order chi connectivity index (χ1) is 12.3. The Morgan fingerprint density at radius 1 is 1.38 bits per heavy atom. The van der Waals surface area contributed by atoms with Gasteiger partial charge in [-0.1, -0.05) is 32.1 Å². The number of aliphatic hydroxyl groups is 2. The minimum Gasteiger partial charge on any atom is -0.459 e. The molecule has 2 saturated carbocycles. The number of carbonyl (C=O) groups excluding carboxylic acids is 1. The molecule has 3 rings (SSSR count). The van der Waals surface area contributed by atoms with E-state index in [1.54, 1.807) is 7.11 Å². The molecule has 1 heterocycles. The zero-order valence-corrected chi connectivity index (χ0v) is 16.2. The summed E-state index contributed by atoms with van der Waals surface area (Å²) in [6.07, 6.45) is 5.35. The molecule has 146 valence electrons. The third-order valence-corrected chi connectivity index (χ3v) is 7.50. The molecule has 0 radical (unpaired) electrons. The fraction of sp³-hybridized carbons (Fsp3) is 0.762. The Balaban J connectivity index is 1.89. The number of hydrogen-bond acceptors (Lipinski definition) is 5. The second-order valence-electron chi connectivity index (χ2n) is 8.74. The Morgan fingerprint density at radius 3 is 2.77 bits per heavy atom. The van der Waals surface area contributed by atoms with Crippen LogP contribution in [-0.2, 0) is 14.3 Å². The normalized spacial score (nSPS) is 44.9. The molecule has 1 aliphatic heterocycles. The van der Waals surface area contributed by atoms with Gasteiger partial charge in [0.2, 0.25) is 0 Å². The van der Waals surface area contributed by atoms with Crippen LogP contribution in [0.4, 0.5) is 0 Å². The summed E-state index contributed by atoms with van der Waals surface area (Å²) in [6.45, 7) is 8.88. The summed E-state index contributed by atoms with van der Waals surface area (Å²) >= 11 is 0. The van der Waals surface area contributed by atoms with E-state index in [0.717, 1.165) is 19.3 Å². The van der Waals surface area contributed by atoms with E-state index >= 15 is 0 Å². The van der Waals surface area contributed by atoms with Crippen molar-refractivity contribution in [3.05, 3.63) is 23.8 Å². The first-order valence-electron chi connectivity index (χ1n) is 9.64. The maximum atomic E-state index is 12.0. The molecule has 5 heteroatoms. The Morgan fingerprint density at radius 2 is 2.12 bits per heavy atom. The van der Waals surface area contributed by atoms with Gasteiger partial charge < -0.3 is 19.7 Å². The van der Waals surface area contributed by atoms with Crippen molar-refractivity contribution in [1.29, 1.82) is 0 Å². The molecule has 0 spiro atoms. The van der Waals surface area contributed by atoms with Gasteiger partial charge in [-0.3, -0.25) is 0 Å². The van der Waals surface area contributed by atoms with Crippen LogP contribution in [0.3, 0.4) is 0 Å². The van der Waals surface area contributed by atoms with Gasteiger partial charge in [0, 0.05) is 12.5 Å². The average molecular weight is 364 g/mol. The second-order valence-corrected chi connectivity index (χ2v) is 8.74. The smallest absolute Gasteiger partial charge is 0.336 e. The summed E-state index contributed by atoms with van der Waals surface area (Å²) in [5.74, 6) is 0.156. The molecule has 1 saturated heterocycles. The Hall–Kier alpha value is -1.17. The molecule has 3 aliphatic rings. The van der Waals surface area contributed by atoms with Crippen LogP contribution in [0.15, 0.2) is 23.8 Å². The second kappa shape index (κ2) is 7.10. The number of hydrogen-bond donors (Lipinski definition) is 2. The van der Waals surface area contributed by atoms with Gasteiger partial charge in [0.05, 0.1) is 18.3 Å². The van der Waals surface area contributed by atoms with E-state index in [0.29, 0.717) is 18.4 Å². The lowest BCUT2D eigenvalue weighted by Crippen LogP contribution is -2.57. The Bertz CT molecular complexity index is 612. The zero-order valence-electron chi connectivity index (χ0n) is 16.2. The van der Waals surface area contributed by atoms with Crippen LogP contribution in [-0.4, -0.2) is 48.7 Å². The standard InChI is InChI=1S/C21H32O5/c1-13-5-8-17-20(2,10-9-18(23)21(17,3)12-22)15(13)7-6-14-16(25-4)11-26-19(14)24/h6,15-18,22-23H,1,5,7-12H2,2-4H3/b14-6-/t15-,16?,17?,18-,20+,21+/m1/s1. The molecule has 6 atom stereocenters. The summed E-state index contributed by atoms with van der Waals surface area (Å²) in [7, 11) is 1.59. The number of allylic oxidation sites excluding steroid dienone is 2. The highest BCUT2D eigenvalue weighted by Gasteiger charge is 2.57. The van der Waals surface area contributed by atoms with E-state index in [2.05, 4.69) is 13.5 Å². The molecule has 3 fully saturated rings. The summed E-state index contributed by atoms with van der Waals surface area (Å²) in [6, 6.07) is 0. The molecule has 0 aromatic rings. The van der Waals surface area contributed by atoms with Crippen LogP contribution in [0.25, 0.3) is 0 Å². The minimum atomic E-state index is -0.486. The highest BCUT2D eigenvalue weighted by Crippen LogP contribution is 2.61. The number of ether oxygens (including phenoxy) is 2. The lowest BCUT2D eigenvalue weighted by atomic mass is 9.46. The van der Waals surface area contributed by atoms with Gasteiger partial charge in [0.15, 0.2) is 0 Å². The van der Waals surface area contributed by atoms with E-state index in [1.165, 1.54) is 5.57 Å². The number of methoxy groups -OCH3 is 1. The molecule has 0 bridgehead atoms. The van der Waals surface area contributed by atoms with Gasteiger partial charge in [0.25, 0.3) is 0 Å². The van der Waals surface area contributed by atoms with E-state index in [9.17, 15) is 15.0 Å². The van der Waals surface area contributed by atoms with E-state index in [-0.39, 0.29) is 42.5 Å². The molecule has 2 unspecified atom stereocenters. The average Bonchev–Trinajstić information content (AvgIpc) is 2.98. The van der Waals surface area contributed by atoms with Crippen molar-refractivity contribution in [2.75, 3.05) is 20.3 Å². The van der Waals surface area contributed by atoms with Crippen LogP contribution in [0.5, 0.6) is 0 Å². The van der Waals surface area contributed by atoms with Crippen molar-refractivity contribution in [1.82, 2.24) is 0 Å². The molecule has 5 nitrogen and oxygen atoms in total. The zero-order chi connectivity index (χ0) is 19.1.